The summed E-state index contributed by atoms with van der Waals surface area (Å²) < 4.78 is 0.955. The number of anilines is 1. The largest absolute Gasteiger partial charge is 0.394 e. The molecule has 1 aromatic heterocycles. The Morgan fingerprint density at radius 2 is 2.08 bits per heavy atom. The van der Waals surface area contributed by atoms with E-state index in [1.54, 1.807) is 0 Å². The topological polar surface area (TPSA) is 186 Å². The van der Waals surface area contributed by atoms with Gasteiger partial charge in [-0.3, -0.25) is 14.2 Å². The van der Waals surface area contributed by atoms with Crippen molar-refractivity contribution in [2.45, 2.75) is 31.8 Å². The fourth-order valence-electron chi connectivity index (χ4n) is 1.60. The summed E-state index contributed by atoms with van der Waals surface area (Å²) in [6, 6.07) is 1.33. The predicted octanol–water partition coefficient (Wildman–Crippen LogP) is -3.62. The Hall–Kier alpha value is -2.67. The number of hydrazone groups is 1. The molecule has 0 aliphatic carbocycles. The summed E-state index contributed by atoms with van der Waals surface area (Å²) in [6.45, 7) is 0.0633. The third-order valence-corrected chi connectivity index (χ3v) is 2.84. The second-order valence-corrected chi connectivity index (χ2v) is 4.95. The maximum atomic E-state index is 11.7. The molecule has 1 aromatic rings. The Kier molecular flexibility index (Phi) is 7.81. The zero-order chi connectivity index (χ0) is 19.0. The smallest absolute Gasteiger partial charge is 0.349 e. The van der Waals surface area contributed by atoms with E-state index in [4.69, 9.17) is 10.2 Å². The fraction of sp³-hybridized carbons (Fsp3) is 0.462. The Morgan fingerprint density at radius 3 is 2.64 bits per heavy atom. The van der Waals surface area contributed by atoms with Crippen LogP contribution < -0.4 is 16.4 Å². The number of hydrogen-bond acceptors (Lipinski definition) is 9. The average Bonchev–Trinajstić information content (AvgIpc) is 2.55. The maximum absolute atomic E-state index is 11.7. The van der Waals surface area contributed by atoms with Gasteiger partial charge in [0.25, 0.3) is 5.91 Å². The summed E-state index contributed by atoms with van der Waals surface area (Å²) in [5.74, 6) is -1.08. The molecular formula is C13H19N5O7. The molecule has 12 nitrogen and oxygen atoms in total. The normalized spacial score (nSPS) is 14.8. The van der Waals surface area contributed by atoms with Gasteiger partial charge in [0.05, 0.1) is 12.8 Å². The van der Waals surface area contributed by atoms with Gasteiger partial charge in [-0.25, -0.2) is 10.2 Å². The van der Waals surface area contributed by atoms with Gasteiger partial charge in [-0.2, -0.15) is 10.1 Å². The number of hydrogen-bond donors (Lipinski definition) is 6. The first-order valence-electron chi connectivity index (χ1n) is 7.06. The SMILES string of the molecule is CC(=O)Nc1ccn(CC(=O)N/N=C/[C@H](O)[C@H](O)[C@H](O)CO)c(=O)n1. The molecule has 2 amide bonds. The van der Waals surface area contributed by atoms with Crippen LogP contribution in [0.5, 0.6) is 0 Å². The van der Waals surface area contributed by atoms with E-state index in [0.717, 1.165) is 10.8 Å². The molecule has 0 aromatic carbocycles. The summed E-state index contributed by atoms with van der Waals surface area (Å²) in [5, 5.41) is 42.3. The molecule has 0 radical (unpaired) electrons. The summed E-state index contributed by atoms with van der Waals surface area (Å²) >= 11 is 0. The first kappa shape index (κ1) is 20.4. The summed E-state index contributed by atoms with van der Waals surface area (Å²) in [5.41, 5.74) is 1.23. The molecule has 12 heteroatoms. The van der Waals surface area contributed by atoms with Crippen molar-refractivity contribution < 1.29 is 30.0 Å². The lowest BCUT2D eigenvalue weighted by Crippen LogP contribution is -2.40. The van der Waals surface area contributed by atoms with Crippen molar-refractivity contribution in [3.05, 3.63) is 22.7 Å². The average molecular weight is 357 g/mol. The Morgan fingerprint density at radius 1 is 1.40 bits per heavy atom. The van der Waals surface area contributed by atoms with E-state index in [1.165, 1.54) is 19.2 Å². The summed E-state index contributed by atoms with van der Waals surface area (Å²) in [4.78, 5) is 37.8. The minimum atomic E-state index is -1.68. The van der Waals surface area contributed by atoms with Crippen LogP contribution in [0.2, 0.25) is 0 Å². The second-order valence-electron chi connectivity index (χ2n) is 4.95. The lowest BCUT2D eigenvalue weighted by Gasteiger charge is -2.17. The number of rotatable bonds is 8. The molecule has 6 N–H and O–H groups in total. The van der Waals surface area contributed by atoms with Crippen LogP contribution in [0, 0.1) is 0 Å². The maximum Gasteiger partial charge on any atom is 0.349 e. The van der Waals surface area contributed by atoms with E-state index in [2.05, 4.69) is 15.4 Å². The molecule has 0 aliphatic heterocycles. The van der Waals surface area contributed by atoms with Crippen LogP contribution >= 0.6 is 0 Å². The van der Waals surface area contributed by atoms with Crippen molar-refractivity contribution in [1.29, 1.82) is 0 Å². The van der Waals surface area contributed by atoms with Crippen LogP contribution in [-0.4, -0.2) is 72.9 Å². The summed E-state index contributed by atoms with van der Waals surface area (Å²) in [7, 11) is 0. The molecule has 0 bridgehead atoms. The molecule has 1 rings (SSSR count). The lowest BCUT2D eigenvalue weighted by molar-refractivity contribution is -0.121. The Labute approximate surface area is 141 Å². The van der Waals surface area contributed by atoms with Gasteiger partial charge in [-0.1, -0.05) is 0 Å². The van der Waals surface area contributed by atoms with E-state index < -0.39 is 49.0 Å². The first-order valence-corrected chi connectivity index (χ1v) is 7.06. The third-order valence-electron chi connectivity index (χ3n) is 2.84. The zero-order valence-electron chi connectivity index (χ0n) is 13.2. The molecule has 1 heterocycles. The number of carbonyl (C=O) groups is 2. The molecular weight excluding hydrogens is 338 g/mol. The highest BCUT2D eigenvalue weighted by Gasteiger charge is 2.22. The quantitative estimate of drug-likeness (QED) is 0.203. The molecule has 3 atom stereocenters. The number of nitrogens with zero attached hydrogens (tertiary/aromatic N) is 3. The molecule has 138 valence electrons. The molecule has 0 fully saturated rings. The van der Waals surface area contributed by atoms with Crippen LogP contribution in [-0.2, 0) is 16.1 Å². The van der Waals surface area contributed by atoms with Crippen LogP contribution in [0.3, 0.4) is 0 Å². The van der Waals surface area contributed by atoms with Gasteiger partial charge in [0.2, 0.25) is 5.91 Å². The van der Waals surface area contributed by atoms with Gasteiger partial charge < -0.3 is 25.7 Å². The highest BCUT2D eigenvalue weighted by Crippen LogP contribution is 1.98. The van der Waals surface area contributed by atoms with Gasteiger partial charge in [0.1, 0.15) is 30.7 Å². The van der Waals surface area contributed by atoms with Crippen molar-refractivity contribution in [1.82, 2.24) is 15.0 Å². The van der Waals surface area contributed by atoms with E-state index >= 15 is 0 Å². The van der Waals surface area contributed by atoms with Gasteiger partial charge >= 0.3 is 5.69 Å². The summed E-state index contributed by atoms with van der Waals surface area (Å²) in [6.07, 6.45) is -2.87. The van der Waals surface area contributed by atoms with Crippen molar-refractivity contribution in [3.63, 3.8) is 0 Å². The number of aliphatic hydroxyl groups is 4. The van der Waals surface area contributed by atoms with Crippen LogP contribution in [0.1, 0.15) is 6.92 Å². The third kappa shape index (κ3) is 6.76. The van der Waals surface area contributed by atoms with Gasteiger partial charge in [-0.15, -0.1) is 0 Å². The van der Waals surface area contributed by atoms with Gasteiger partial charge in [0, 0.05) is 13.1 Å². The minimum absolute atomic E-state index is 0.0479. The Bertz CT molecular complexity index is 690. The molecule has 0 unspecified atom stereocenters. The standard InChI is InChI=1S/C13H19N5O7/c1-7(20)15-10-2-3-18(13(25)16-10)5-11(23)17-14-4-8(21)12(24)9(22)6-19/h2-4,8-9,12,19,21-22,24H,5-6H2,1H3,(H,17,23)(H,15,16,20,25)/b14-4+/t8-,9+,12-/m0/s1. The van der Waals surface area contributed by atoms with E-state index in [-0.39, 0.29) is 5.82 Å². The van der Waals surface area contributed by atoms with Crippen molar-refractivity contribution >= 4 is 23.8 Å². The number of nitrogens with one attached hydrogen (secondary N) is 2. The van der Waals surface area contributed by atoms with E-state index in [1.807, 2.05) is 5.43 Å². The highest BCUT2D eigenvalue weighted by atomic mass is 16.4. The first-order chi connectivity index (χ1) is 11.7. The second kappa shape index (κ2) is 9.58. The number of aliphatic hydroxyl groups excluding tert-OH is 4. The van der Waals surface area contributed by atoms with Crippen molar-refractivity contribution in [2.24, 2.45) is 5.10 Å². The zero-order valence-corrected chi connectivity index (χ0v) is 13.2. The molecule has 0 spiro atoms. The molecule has 25 heavy (non-hydrogen) atoms. The highest BCUT2D eigenvalue weighted by molar-refractivity contribution is 5.87. The predicted molar refractivity (Wildman–Crippen MR) is 84.5 cm³/mol. The fourth-order valence-corrected chi connectivity index (χ4v) is 1.60. The molecule has 0 aliphatic rings. The van der Waals surface area contributed by atoms with Gasteiger partial charge in [0.15, 0.2) is 0 Å². The monoisotopic (exact) mass is 357 g/mol. The Balaban J connectivity index is 2.58. The van der Waals surface area contributed by atoms with Crippen LogP contribution in [0.4, 0.5) is 5.82 Å². The lowest BCUT2D eigenvalue weighted by atomic mass is 10.1. The molecule has 0 saturated carbocycles. The van der Waals surface area contributed by atoms with Crippen molar-refractivity contribution in [3.8, 4) is 0 Å². The minimum Gasteiger partial charge on any atom is -0.394 e. The van der Waals surface area contributed by atoms with Gasteiger partial charge in [-0.05, 0) is 6.07 Å². The van der Waals surface area contributed by atoms with Crippen molar-refractivity contribution in [2.75, 3.05) is 11.9 Å². The van der Waals surface area contributed by atoms with E-state index in [0.29, 0.717) is 0 Å². The van der Waals surface area contributed by atoms with Crippen LogP contribution in [0.15, 0.2) is 22.2 Å². The van der Waals surface area contributed by atoms with Crippen LogP contribution in [0.25, 0.3) is 0 Å². The van der Waals surface area contributed by atoms with E-state index in [9.17, 15) is 24.6 Å². The number of carbonyl (C=O) groups excluding carboxylic acids is 2. The molecule has 0 saturated heterocycles. The number of aromatic nitrogens is 2. The number of amides is 2.